The van der Waals surface area contributed by atoms with Gasteiger partial charge >= 0.3 is 0 Å². The Morgan fingerprint density at radius 1 is 1.11 bits per heavy atom. The first-order chi connectivity index (χ1) is 13.5. The highest BCUT2D eigenvalue weighted by molar-refractivity contribution is 7.80. The second-order valence-electron chi connectivity index (χ2n) is 6.26. The fourth-order valence-corrected chi connectivity index (χ4v) is 2.72. The summed E-state index contributed by atoms with van der Waals surface area (Å²) in [6, 6.07) is 16.6. The molecular formula is C21H25N3O3S. The lowest BCUT2D eigenvalue weighted by Crippen LogP contribution is -2.43. The number of benzene rings is 2. The van der Waals surface area contributed by atoms with Gasteiger partial charge in [-0.2, -0.15) is 0 Å². The molecule has 0 unspecified atom stereocenters. The van der Waals surface area contributed by atoms with E-state index in [0.29, 0.717) is 31.0 Å². The van der Waals surface area contributed by atoms with Crippen LogP contribution in [-0.2, 0) is 11.3 Å². The summed E-state index contributed by atoms with van der Waals surface area (Å²) >= 11 is 5.40. The zero-order valence-electron chi connectivity index (χ0n) is 15.9. The van der Waals surface area contributed by atoms with Gasteiger partial charge < -0.3 is 15.4 Å². The van der Waals surface area contributed by atoms with E-state index in [-0.39, 0.29) is 17.4 Å². The van der Waals surface area contributed by atoms with E-state index in [1.807, 2.05) is 37.3 Å². The Bertz CT molecular complexity index is 794. The molecule has 0 radical (unpaired) electrons. The van der Waals surface area contributed by atoms with Crippen LogP contribution in [0.5, 0.6) is 5.75 Å². The maximum Gasteiger partial charge on any atom is 0.257 e. The lowest BCUT2D eigenvalue weighted by molar-refractivity contribution is -0.118. The molecule has 0 atom stereocenters. The van der Waals surface area contributed by atoms with Crippen LogP contribution < -0.4 is 15.8 Å². The van der Waals surface area contributed by atoms with Gasteiger partial charge in [-0.25, -0.2) is 0 Å². The van der Waals surface area contributed by atoms with E-state index in [2.05, 4.69) is 5.32 Å². The van der Waals surface area contributed by atoms with E-state index in [0.717, 1.165) is 12.0 Å². The molecule has 0 heterocycles. The van der Waals surface area contributed by atoms with Crippen LogP contribution in [0.2, 0.25) is 0 Å². The maximum atomic E-state index is 12.5. The molecule has 3 N–H and O–H groups in total. The third-order valence-electron chi connectivity index (χ3n) is 3.94. The van der Waals surface area contributed by atoms with Crippen LogP contribution in [0.25, 0.3) is 0 Å². The lowest BCUT2D eigenvalue weighted by Gasteiger charge is -2.25. The minimum atomic E-state index is -0.421. The van der Waals surface area contributed by atoms with E-state index in [9.17, 15) is 9.59 Å². The van der Waals surface area contributed by atoms with Crippen LogP contribution in [-0.4, -0.2) is 35.0 Å². The molecule has 0 aliphatic carbocycles. The van der Waals surface area contributed by atoms with Crippen LogP contribution in [0.4, 0.5) is 0 Å². The summed E-state index contributed by atoms with van der Waals surface area (Å²) in [4.78, 5) is 25.5. The minimum Gasteiger partial charge on any atom is -0.494 e. The topological polar surface area (TPSA) is 84.7 Å². The average Bonchev–Trinajstić information content (AvgIpc) is 2.70. The molecule has 0 fully saturated rings. The summed E-state index contributed by atoms with van der Waals surface area (Å²) in [7, 11) is 0. The normalized spacial score (nSPS) is 10.2. The monoisotopic (exact) mass is 399 g/mol. The molecule has 0 aliphatic rings. The first kappa shape index (κ1) is 21.4. The van der Waals surface area contributed by atoms with Crippen LogP contribution in [0.3, 0.4) is 0 Å². The van der Waals surface area contributed by atoms with Gasteiger partial charge in [0.1, 0.15) is 5.75 Å². The zero-order valence-corrected chi connectivity index (χ0v) is 16.7. The van der Waals surface area contributed by atoms with Gasteiger partial charge in [-0.3, -0.25) is 14.9 Å². The third-order valence-corrected chi connectivity index (χ3v) is 4.30. The number of hydrogen-bond donors (Lipinski definition) is 2. The Labute approximate surface area is 170 Å². The van der Waals surface area contributed by atoms with Gasteiger partial charge in [0.05, 0.1) is 6.61 Å². The molecule has 28 heavy (non-hydrogen) atoms. The SMILES string of the molecule is CCCOc1ccc(C(=O)NC(=S)N(CCC(N)=O)Cc2ccccc2)cc1. The minimum absolute atomic E-state index is 0.145. The highest BCUT2D eigenvalue weighted by atomic mass is 32.1. The molecular weight excluding hydrogens is 374 g/mol. The first-order valence-corrected chi connectivity index (χ1v) is 9.55. The maximum absolute atomic E-state index is 12.5. The van der Waals surface area contributed by atoms with Gasteiger partial charge in [0.2, 0.25) is 5.91 Å². The predicted molar refractivity (Wildman–Crippen MR) is 113 cm³/mol. The Morgan fingerprint density at radius 3 is 2.39 bits per heavy atom. The molecule has 2 aromatic rings. The lowest BCUT2D eigenvalue weighted by atomic mass is 10.2. The van der Waals surface area contributed by atoms with Crippen molar-refractivity contribution in [1.82, 2.24) is 10.2 Å². The Kier molecular flexibility index (Phi) is 8.42. The van der Waals surface area contributed by atoms with E-state index in [1.54, 1.807) is 29.2 Å². The Morgan fingerprint density at radius 2 is 1.79 bits per heavy atom. The fourth-order valence-electron chi connectivity index (χ4n) is 2.47. The van der Waals surface area contributed by atoms with Crippen molar-refractivity contribution in [2.45, 2.75) is 26.3 Å². The van der Waals surface area contributed by atoms with E-state index in [4.69, 9.17) is 22.7 Å². The Hall–Kier alpha value is -2.93. The molecule has 0 saturated heterocycles. The smallest absolute Gasteiger partial charge is 0.257 e. The second kappa shape index (κ2) is 11.0. The van der Waals surface area contributed by atoms with Crippen molar-refractivity contribution in [1.29, 1.82) is 0 Å². The van der Waals surface area contributed by atoms with Gasteiger partial charge in [0.25, 0.3) is 5.91 Å². The molecule has 2 aromatic carbocycles. The standard InChI is InChI=1S/C21H25N3O3S/c1-2-14-27-18-10-8-17(9-11-18)20(26)23-21(28)24(13-12-19(22)25)15-16-6-4-3-5-7-16/h3-11H,2,12-15H2,1H3,(H2,22,25)(H,23,26,28). The third kappa shape index (κ3) is 7.00. The molecule has 0 aliphatic heterocycles. The molecule has 0 aromatic heterocycles. The summed E-state index contributed by atoms with van der Waals surface area (Å²) < 4.78 is 5.52. The number of nitrogens with one attached hydrogen (secondary N) is 1. The fraction of sp³-hybridized carbons (Fsp3) is 0.286. The van der Waals surface area contributed by atoms with Crippen molar-refractivity contribution in [3.05, 3.63) is 65.7 Å². The van der Waals surface area contributed by atoms with Crippen molar-refractivity contribution in [2.75, 3.05) is 13.2 Å². The van der Waals surface area contributed by atoms with Crippen molar-refractivity contribution >= 4 is 29.1 Å². The number of hydrogen-bond acceptors (Lipinski definition) is 4. The summed E-state index contributed by atoms with van der Waals surface area (Å²) in [5.74, 6) is -0.0211. The van der Waals surface area contributed by atoms with Gasteiger partial charge in [0, 0.05) is 25.1 Å². The van der Waals surface area contributed by atoms with Crippen molar-refractivity contribution in [2.24, 2.45) is 5.73 Å². The number of thiocarbonyl (C=S) groups is 1. The van der Waals surface area contributed by atoms with Crippen molar-refractivity contribution in [3.8, 4) is 5.75 Å². The van der Waals surface area contributed by atoms with Crippen LogP contribution in [0.15, 0.2) is 54.6 Å². The number of carbonyl (C=O) groups excluding carboxylic acids is 2. The van der Waals surface area contributed by atoms with Crippen LogP contribution in [0, 0.1) is 0 Å². The summed E-state index contributed by atoms with van der Waals surface area (Å²) in [6.07, 6.45) is 1.06. The molecule has 2 rings (SSSR count). The highest BCUT2D eigenvalue weighted by Gasteiger charge is 2.15. The molecule has 0 saturated carbocycles. The summed E-state index contributed by atoms with van der Waals surface area (Å²) in [6.45, 7) is 3.45. The quantitative estimate of drug-likeness (QED) is 0.634. The van der Waals surface area contributed by atoms with Crippen molar-refractivity contribution < 1.29 is 14.3 Å². The first-order valence-electron chi connectivity index (χ1n) is 9.15. The van der Waals surface area contributed by atoms with Gasteiger partial charge in [-0.15, -0.1) is 0 Å². The number of amides is 2. The van der Waals surface area contributed by atoms with Gasteiger partial charge in [0.15, 0.2) is 5.11 Å². The Balaban J connectivity index is 2.02. The van der Waals surface area contributed by atoms with Gasteiger partial charge in [-0.05, 0) is 48.5 Å². The van der Waals surface area contributed by atoms with Crippen molar-refractivity contribution in [3.63, 3.8) is 0 Å². The number of nitrogens with two attached hydrogens (primary N) is 1. The molecule has 7 heteroatoms. The zero-order chi connectivity index (χ0) is 20.4. The van der Waals surface area contributed by atoms with E-state index >= 15 is 0 Å². The van der Waals surface area contributed by atoms with Crippen LogP contribution >= 0.6 is 12.2 Å². The number of rotatable bonds is 9. The van der Waals surface area contributed by atoms with Gasteiger partial charge in [-0.1, -0.05) is 37.3 Å². The number of carbonyl (C=O) groups is 2. The number of nitrogens with zero attached hydrogens (tertiary/aromatic N) is 1. The largest absolute Gasteiger partial charge is 0.494 e. The molecule has 0 spiro atoms. The average molecular weight is 400 g/mol. The number of primary amides is 1. The second-order valence-corrected chi connectivity index (χ2v) is 6.64. The number of ether oxygens (including phenoxy) is 1. The predicted octanol–water partition coefficient (Wildman–Crippen LogP) is 2.87. The molecule has 2 amide bonds. The molecule has 6 nitrogen and oxygen atoms in total. The molecule has 0 bridgehead atoms. The van der Waals surface area contributed by atoms with E-state index < -0.39 is 5.91 Å². The van der Waals surface area contributed by atoms with Crippen LogP contribution in [0.1, 0.15) is 35.7 Å². The summed E-state index contributed by atoms with van der Waals surface area (Å²) in [5, 5.41) is 2.98. The molecule has 148 valence electrons. The van der Waals surface area contributed by atoms with E-state index in [1.165, 1.54) is 0 Å². The summed E-state index contributed by atoms with van der Waals surface area (Å²) in [5.41, 5.74) is 6.76. The highest BCUT2D eigenvalue weighted by Crippen LogP contribution is 2.13.